The molecule has 0 aliphatic carbocycles. The molecule has 0 aromatic carbocycles. The van der Waals surface area contributed by atoms with Crippen molar-refractivity contribution in [3.8, 4) is 0 Å². The van der Waals surface area contributed by atoms with Crippen molar-refractivity contribution in [2.45, 2.75) is 0 Å². The van der Waals surface area contributed by atoms with Gasteiger partial charge in [0.25, 0.3) is 0 Å². The fraction of sp³-hybridized carbons (Fsp3) is 0. The molecule has 0 aliphatic rings. The molecule has 25 valence electrons. The van der Waals surface area contributed by atoms with Crippen LogP contribution in [0, 0.1) is 41.7 Å². The number of rotatable bonds is 0. The zero-order valence-electron chi connectivity index (χ0n) is 2.93. The normalized spacial score (nSPS) is 4.00. The van der Waals surface area contributed by atoms with Gasteiger partial charge in [-0.05, 0) is 0 Å². The Balaban J connectivity index is -0.0000000450. The van der Waals surface area contributed by atoms with Gasteiger partial charge in [0, 0.05) is 9.17 Å². The molecule has 0 heterocycles. The quantitative estimate of drug-likeness (QED) is 0.418. The zero-order chi connectivity index (χ0) is 3.58. The second-order valence-corrected chi connectivity index (χ2v) is 0.750. The summed E-state index contributed by atoms with van der Waals surface area (Å²) in [6.07, 6.45) is 0. The summed E-state index contributed by atoms with van der Waals surface area (Å²) in [4.78, 5) is 17.0. The van der Waals surface area contributed by atoms with E-state index in [1.807, 2.05) is 0 Å². The molecule has 0 rings (SSSR count). The average Bonchev–Trinajstić information content (AvgIpc) is 0.811. The van der Waals surface area contributed by atoms with Crippen LogP contribution >= 0.6 is 0 Å². The van der Waals surface area contributed by atoms with Crippen LogP contribution in [0.5, 0.6) is 0 Å². The molecule has 0 bridgehead atoms. The van der Waals surface area contributed by atoms with Gasteiger partial charge < -0.3 is 14.1 Å². The van der Waals surface area contributed by atoms with E-state index in [-0.39, 0.29) is 64.8 Å². The van der Waals surface area contributed by atoms with Crippen molar-refractivity contribution < 1.29 is 55.8 Å². The summed E-state index contributed by atoms with van der Waals surface area (Å²) in [5.74, 6) is 0. The summed E-state index contributed by atoms with van der Waals surface area (Å²) in [7, 11) is -3.63. The molecule has 0 spiro atoms. The Bertz CT molecular complexity index is 33.8. The molecule has 1 radical (unpaired) electrons. The molecular weight excluding hydrogens is 241 g/mol. The largest absolute Gasteiger partial charge is 3.00 e. The Kier molecular flexibility index (Phi) is 25.8. The fourth-order valence-corrected chi connectivity index (χ4v) is 0. The summed E-state index contributed by atoms with van der Waals surface area (Å²) in [6.45, 7) is 0. The number of hydrogen-bond donors (Lipinski definition) is 0. The molecule has 0 aromatic heterocycles. The summed E-state index contributed by atoms with van der Waals surface area (Å²) >= 11 is 0. The molecule has 0 fully saturated rings. The van der Waals surface area contributed by atoms with E-state index < -0.39 is 9.17 Å². The second-order valence-electron chi connectivity index (χ2n) is 0.250. The van der Waals surface area contributed by atoms with Crippen molar-refractivity contribution in [3.05, 3.63) is 0 Å². The molecule has 6 heavy (non-hydrogen) atoms. The van der Waals surface area contributed by atoms with Gasteiger partial charge in [-0.15, -0.1) is 0 Å². The maximum atomic E-state index is 8.52. The van der Waals surface area contributed by atoms with Gasteiger partial charge in [-0.25, -0.2) is 0 Å². The van der Waals surface area contributed by atoms with E-state index in [1.54, 1.807) is 0 Å². The topological polar surface area (TPSA) is 63.2 Å². The fourth-order valence-electron chi connectivity index (χ4n) is 0. The van der Waals surface area contributed by atoms with Gasteiger partial charge in [-0.1, -0.05) is 0 Å². The predicted molar refractivity (Wildman–Crippen MR) is 12.2 cm³/mol. The van der Waals surface area contributed by atoms with E-state index in [2.05, 4.69) is 0 Å². The molecule has 0 amide bonds. The number of hydrogen-bond acceptors (Lipinski definition) is 3. The van der Waals surface area contributed by atoms with Crippen LogP contribution in [0.1, 0.15) is 0 Å². The first-order valence-electron chi connectivity index (χ1n) is 0.612. The standard InChI is InChI=1S/Ce.Mg.O3Si/c;;1-4(2)3/q+3;+2;-2. The molecular formula is CeMgO3Si+3. The summed E-state index contributed by atoms with van der Waals surface area (Å²) in [5, 5.41) is 0. The van der Waals surface area contributed by atoms with E-state index in [0.29, 0.717) is 0 Å². The third-order valence-electron chi connectivity index (χ3n) is 0. The van der Waals surface area contributed by atoms with E-state index in [0.717, 1.165) is 0 Å². The second kappa shape index (κ2) is 9.90. The smallest absolute Gasteiger partial charge is 0.672 e. The minimum Gasteiger partial charge on any atom is -0.672 e. The van der Waals surface area contributed by atoms with Crippen LogP contribution in [-0.2, 0) is 4.46 Å². The van der Waals surface area contributed by atoms with Crippen molar-refractivity contribution in [1.29, 1.82) is 0 Å². The third kappa shape index (κ3) is 42.1. The van der Waals surface area contributed by atoms with Crippen LogP contribution in [0.4, 0.5) is 0 Å². The third-order valence-corrected chi connectivity index (χ3v) is 0. The first kappa shape index (κ1) is 15.7. The van der Waals surface area contributed by atoms with Crippen LogP contribution in [-0.4, -0.2) is 32.2 Å². The van der Waals surface area contributed by atoms with Crippen molar-refractivity contribution in [2.24, 2.45) is 0 Å². The molecule has 0 atom stereocenters. The summed E-state index contributed by atoms with van der Waals surface area (Å²) in [6, 6.07) is 0. The average molecular weight is 241 g/mol. The van der Waals surface area contributed by atoms with Gasteiger partial charge in [0.1, 0.15) is 0 Å². The molecule has 6 heteroatoms. The Hall–Kier alpha value is 1.76. The van der Waals surface area contributed by atoms with Crippen LogP contribution in [0.2, 0.25) is 0 Å². The molecule has 0 aliphatic heterocycles. The molecule has 0 N–H and O–H groups in total. The van der Waals surface area contributed by atoms with E-state index >= 15 is 0 Å². The Morgan fingerprint density at radius 1 is 1.33 bits per heavy atom. The minimum atomic E-state index is -3.63. The Labute approximate surface area is 86.6 Å². The van der Waals surface area contributed by atoms with Crippen molar-refractivity contribution in [3.63, 3.8) is 0 Å². The van der Waals surface area contributed by atoms with Crippen LogP contribution in [0.25, 0.3) is 0 Å². The first-order valence-corrected chi connectivity index (χ1v) is 1.84. The van der Waals surface area contributed by atoms with Gasteiger partial charge in [-0.3, -0.25) is 0 Å². The van der Waals surface area contributed by atoms with Gasteiger partial charge in [0.15, 0.2) is 0 Å². The summed E-state index contributed by atoms with van der Waals surface area (Å²) in [5.41, 5.74) is 0. The van der Waals surface area contributed by atoms with E-state index in [4.69, 9.17) is 14.1 Å². The Morgan fingerprint density at radius 3 is 1.33 bits per heavy atom. The maximum Gasteiger partial charge on any atom is 3.00 e. The zero-order valence-corrected chi connectivity index (χ0v) is 8.49. The van der Waals surface area contributed by atoms with Crippen molar-refractivity contribution in [2.75, 3.05) is 0 Å². The molecule has 0 saturated heterocycles. The SMILES string of the molecule is O=[Si]([O-])[O-].[Ce+3].[Mg+2]. The van der Waals surface area contributed by atoms with E-state index in [1.165, 1.54) is 0 Å². The van der Waals surface area contributed by atoms with Crippen LogP contribution in [0.15, 0.2) is 0 Å². The molecule has 0 saturated carbocycles. The Morgan fingerprint density at radius 2 is 1.33 bits per heavy atom. The maximum absolute atomic E-state index is 8.52. The van der Waals surface area contributed by atoms with Gasteiger partial charge >= 0.3 is 64.8 Å². The van der Waals surface area contributed by atoms with Gasteiger partial charge in [0.2, 0.25) is 0 Å². The first-order chi connectivity index (χ1) is 1.73. The molecule has 3 nitrogen and oxygen atoms in total. The van der Waals surface area contributed by atoms with Crippen LogP contribution in [0.3, 0.4) is 0 Å². The van der Waals surface area contributed by atoms with Crippen molar-refractivity contribution >= 4 is 32.2 Å². The van der Waals surface area contributed by atoms with Crippen molar-refractivity contribution in [1.82, 2.24) is 0 Å². The summed E-state index contributed by atoms with van der Waals surface area (Å²) < 4.78 is 8.52. The van der Waals surface area contributed by atoms with E-state index in [9.17, 15) is 0 Å². The van der Waals surface area contributed by atoms with Gasteiger partial charge in [0.05, 0.1) is 0 Å². The van der Waals surface area contributed by atoms with Crippen LogP contribution < -0.4 is 9.59 Å². The van der Waals surface area contributed by atoms with Gasteiger partial charge in [-0.2, -0.15) is 0 Å². The predicted octanol–water partition coefficient (Wildman–Crippen LogP) is -3.26. The molecule has 0 aromatic rings. The minimum absolute atomic E-state index is 0. The molecule has 0 unspecified atom stereocenters. The monoisotopic (exact) mass is 240 g/mol.